The molecule has 0 aliphatic rings. The van der Waals surface area contributed by atoms with Crippen LogP contribution in [0.3, 0.4) is 0 Å². The molecule has 2 heteroatoms. The number of aromatic nitrogens is 1. The normalized spacial score (nSPS) is 10.1. The fourth-order valence-electron chi connectivity index (χ4n) is 1.74. The summed E-state index contributed by atoms with van der Waals surface area (Å²) in [6.45, 7) is 4.08. The fourth-order valence-corrected chi connectivity index (χ4v) is 1.74. The van der Waals surface area contributed by atoms with Crippen LogP contribution in [0.25, 0.3) is 10.8 Å². The number of nitriles is 1. The number of benzene rings is 1. The second kappa shape index (κ2) is 3.12. The predicted molar refractivity (Wildman–Crippen MR) is 55.9 cm³/mol. The predicted octanol–water partition coefficient (Wildman–Crippen LogP) is 2.72. The van der Waals surface area contributed by atoms with Gasteiger partial charge in [0, 0.05) is 11.6 Å². The molecule has 0 amide bonds. The lowest BCUT2D eigenvalue weighted by atomic mass is 10.0. The van der Waals surface area contributed by atoms with Crippen LogP contribution in [0.5, 0.6) is 0 Å². The van der Waals surface area contributed by atoms with Gasteiger partial charge in [0.2, 0.25) is 0 Å². The fraction of sp³-hybridized carbons (Fsp3) is 0.167. The Morgan fingerprint density at radius 1 is 1.21 bits per heavy atom. The molecule has 68 valence electrons. The van der Waals surface area contributed by atoms with E-state index in [4.69, 9.17) is 5.26 Å². The SMILES string of the molecule is Cc1cc(C)c2ccnc(C#N)c2c1. The highest BCUT2D eigenvalue weighted by molar-refractivity contribution is 5.89. The Morgan fingerprint density at radius 2 is 2.00 bits per heavy atom. The van der Waals surface area contributed by atoms with Gasteiger partial charge in [-0.2, -0.15) is 5.26 Å². The van der Waals surface area contributed by atoms with Crippen LogP contribution >= 0.6 is 0 Å². The first-order valence-corrected chi connectivity index (χ1v) is 4.48. The van der Waals surface area contributed by atoms with E-state index in [0.29, 0.717) is 5.69 Å². The van der Waals surface area contributed by atoms with Crippen molar-refractivity contribution in [1.29, 1.82) is 5.26 Å². The molecule has 0 saturated heterocycles. The van der Waals surface area contributed by atoms with Gasteiger partial charge in [-0.3, -0.25) is 0 Å². The van der Waals surface area contributed by atoms with Gasteiger partial charge in [0.1, 0.15) is 11.8 Å². The molecule has 0 N–H and O–H groups in total. The zero-order valence-corrected chi connectivity index (χ0v) is 8.20. The van der Waals surface area contributed by atoms with Crippen LogP contribution in [-0.4, -0.2) is 4.98 Å². The summed E-state index contributed by atoms with van der Waals surface area (Å²) in [7, 11) is 0. The summed E-state index contributed by atoms with van der Waals surface area (Å²) in [5.74, 6) is 0. The maximum Gasteiger partial charge on any atom is 0.148 e. The number of nitrogens with zero attached hydrogens (tertiary/aromatic N) is 2. The van der Waals surface area contributed by atoms with Crippen LogP contribution < -0.4 is 0 Å². The van der Waals surface area contributed by atoms with Crippen LogP contribution in [0.15, 0.2) is 24.4 Å². The minimum Gasteiger partial charge on any atom is -0.245 e. The third-order valence-corrected chi connectivity index (χ3v) is 2.34. The second-order valence-electron chi connectivity index (χ2n) is 3.45. The Morgan fingerprint density at radius 3 is 2.71 bits per heavy atom. The molecule has 2 nitrogen and oxygen atoms in total. The lowest BCUT2D eigenvalue weighted by molar-refractivity contribution is 1.28. The van der Waals surface area contributed by atoms with Crippen LogP contribution in [0, 0.1) is 25.2 Å². The van der Waals surface area contributed by atoms with Crippen LogP contribution in [0.4, 0.5) is 0 Å². The zero-order valence-electron chi connectivity index (χ0n) is 8.20. The van der Waals surface area contributed by atoms with E-state index in [1.807, 2.05) is 19.1 Å². The molecule has 0 fully saturated rings. The van der Waals surface area contributed by atoms with E-state index in [1.54, 1.807) is 6.20 Å². The lowest BCUT2D eigenvalue weighted by Crippen LogP contribution is -1.88. The molecule has 0 bridgehead atoms. The highest BCUT2D eigenvalue weighted by Crippen LogP contribution is 2.21. The minimum atomic E-state index is 0.509. The van der Waals surface area contributed by atoms with Crippen molar-refractivity contribution in [2.75, 3.05) is 0 Å². The van der Waals surface area contributed by atoms with Gasteiger partial charge in [-0.1, -0.05) is 11.6 Å². The molecule has 0 radical (unpaired) electrons. The quantitative estimate of drug-likeness (QED) is 0.628. The number of hydrogen-bond donors (Lipinski definition) is 0. The molecule has 1 aromatic heterocycles. The number of pyridine rings is 1. The summed E-state index contributed by atoms with van der Waals surface area (Å²) in [5.41, 5.74) is 2.87. The summed E-state index contributed by atoms with van der Waals surface area (Å²) < 4.78 is 0. The Bertz CT molecular complexity index is 536. The van der Waals surface area contributed by atoms with Crippen molar-refractivity contribution >= 4 is 10.8 Å². The molecular weight excluding hydrogens is 172 g/mol. The highest BCUT2D eigenvalue weighted by atomic mass is 14.7. The molecule has 1 heterocycles. The van der Waals surface area contributed by atoms with Gasteiger partial charge in [-0.15, -0.1) is 0 Å². The zero-order chi connectivity index (χ0) is 10.1. The summed E-state index contributed by atoms with van der Waals surface area (Å²) >= 11 is 0. The average Bonchev–Trinajstić information content (AvgIpc) is 2.17. The van der Waals surface area contributed by atoms with Crippen molar-refractivity contribution in [3.05, 3.63) is 41.2 Å². The van der Waals surface area contributed by atoms with Crippen molar-refractivity contribution in [3.63, 3.8) is 0 Å². The van der Waals surface area contributed by atoms with Crippen molar-refractivity contribution in [2.24, 2.45) is 0 Å². The molecule has 0 atom stereocenters. The molecule has 0 aliphatic heterocycles. The van der Waals surface area contributed by atoms with Gasteiger partial charge < -0.3 is 0 Å². The van der Waals surface area contributed by atoms with Crippen molar-refractivity contribution in [1.82, 2.24) is 4.98 Å². The van der Waals surface area contributed by atoms with E-state index in [1.165, 1.54) is 11.1 Å². The molecule has 14 heavy (non-hydrogen) atoms. The topological polar surface area (TPSA) is 36.7 Å². The molecule has 0 spiro atoms. The van der Waals surface area contributed by atoms with Gasteiger partial charge >= 0.3 is 0 Å². The Balaban J connectivity index is 2.95. The van der Waals surface area contributed by atoms with Gasteiger partial charge in [0.05, 0.1) is 0 Å². The van der Waals surface area contributed by atoms with Crippen LogP contribution in [0.1, 0.15) is 16.8 Å². The number of rotatable bonds is 0. The van der Waals surface area contributed by atoms with Crippen LogP contribution in [-0.2, 0) is 0 Å². The Kier molecular flexibility index (Phi) is 1.94. The molecule has 0 unspecified atom stereocenters. The first-order chi connectivity index (χ1) is 6.72. The molecule has 0 saturated carbocycles. The van der Waals surface area contributed by atoms with Crippen molar-refractivity contribution in [2.45, 2.75) is 13.8 Å². The van der Waals surface area contributed by atoms with E-state index in [0.717, 1.165) is 10.8 Å². The maximum atomic E-state index is 8.90. The highest BCUT2D eigenvalue weighted by Gasteiger charge is 2.03. The van der Waals surface area contributed by atoms with E-state index < -0.39 is 0 Å². The van der Waals surface area contributed by atoms with Gasteiger partial charge in [0.25, 0.3) is 0 Å². The Labute approximate surface area is 82.8 Å². The molecule has 2 aromatic rings. The van der Waals surface area contributed by atoms with E-state index >= 15 is 0 Å². The summed E-state index contributed by atoms with van der Waals surface area (Å²) in [6.07, 6.45) is 1.68. The first kappa shape index (κ1) is 8.71. The summed E-state index contributed by atoms with van der Waals surface area (Å²) in [5, 5.41) is 11.0. The second-order valence-corrected chi connectivity index (χ2v) is 3.45. The maximum absolute atomic E-state index is 8.90. The molecule has 0 aliphatic carbocycles. The van der Waals surface area contributed by atoms with E-state index in [9.17, 15) is 0 Å². The van der Waals surface area contributed by atoms with Crippen molar-refractivity contribution in [3.8, 4) is 6.07 Å². The molecule has 2 rings (SSSR count). The number of hydrogen-bond acceptors (Lipinski definition) is 2. The third kappa shape index (κ3) is 1.23. The molecule has 1 aromatic carbocycles. The standard InChI is InChI=1S/C12H10N2/c1-8-5-9(2)10-3-4-14-12(7-13)11(10)6-8/h3-6H,1-2H3. The first-order valence-electron chi connectivity index (χ1n) is 4.48. The smallest absolute Gasteiger partial charge is 0.148 e. The summed E-state index contributed by atoms with van der Waals surface area (Å²) in [6, 6.07) is 8.19. The largest absolute Gasteiger partial charge is 0.245 e. The number of aryl methyl sites for hydroxylation is 2. The van der Waals surface area contributed by atoms with Crippen LogP contribution in [0.2, 0.25) is 0 Å². The Hall–Kier alpha value is -1.88. The third-order valence-electron chi connectivity index (χ3n) is 2.34. The van der Waals surface area contributed by atoms with Gasteiger partial charge in [-0.05, 0) is 36.9 Å². The van der Waals surface area contributed by atoms with E-state index in [-0.39, 0.29) is 0 Å². The van der Waals surface area contributed by atoms with Gasteiger partial charge in [-0.25, -0.2) is 4.98 Å². The lowest BCUT2D eigenvalue weighted by Gasteiger charge is -2.04. The number of fused-ring (bicyclic) bond motifs is 1. The van der Waals surface area contributed by atoms with E-state index in [2.05, 4.69) is 24.0 Å². The van der Waals surface area contributed by atoms with Crippen molar-refractivity contribution < 1.29 is 0 Å². The summed E-state index contributed by atoms with van der Waals surface area (Å²) in [4.78, 5) is 4.05. The van der Waals surface area contributed by atoms with Gasteiger partial charge in [0.15, 0.2) is 0 Å². The monoisotopic (exact) mass is 182 g/mol. The molecular formula is C12H10N2. The minimum absolute atomic E-state index is 0.509. The average molecular weight is 182 g/mol.